The van der Waals surface area contributed by atoms with Crippen LogP contribution in [0.3, 0.4) is 0 Å². The van der Waals surface area contributed by atoms with Gasteiger partial charge in [-0.25, -0.2) is 0 Å². The van der Waals surface area contributed by atoms with E-state index in [4.69, 9.17) is 11.6 Å². The summed E-state index contributed by atoms with van der Waals surface area (Å²) in [5.74, 6) is -0.831. The van der Waals surface area contributed by atoms with Crippen molar-refractivity contribution in [3.63, 3.8) is 0 Å². The number of fused-ring (bicyclic) bond motifs is 1. The van der Waals surface area contributed by atoms with Gasteiger partial charge in [0.15, 0.2) is 5.65 Å². The van der Waals surface area contributed by atoms with Crippen molar-refractivity contribution in [2.45, 2.75) is 25.1 Å². The number of hydrogen-bond donors (Lipinski definition) is 1. The molecule has 148 valence electrons. The molecular weight excluding hydrogens is 393 g/mol. The summed E-state index contributed by atoms with van der Waals surface area (Å²) in [4.78, 5) is 2.33. The molecule has 0 bridgehead atoms. The maximum absolute atomic E-state index is 13.1. The average Bonchev–Trinajstić information content (AvgIpc) is 3.32. The van der Waals surface area contributed by atoms with Gasteiger partial charge in [0, 0.05) is 11.6 Å². The second-order valence-electron chi connectivity index (χ2n) is 6.67. The van der Waals surface area contributed by atoms with Gasteiger partial charge in [0.05, 0.1) is 6.04 Å². The van der Waals surface area contributed by atoms with Gasteiger partial charge in [0.1, 0.15) is 5.82 Å². The van der Waals surface area contributed by atoms with Crippen molar-refractivity contribution in [3.8, 4) is 0 Å². The van der Waals surface area contributed by atoms with Gasteiger partial charge >= 0.3 is 6.18 Å². The van der Waals surface area contributed by atoms with Crippen LogP contribution in [0, 0.1) is 0 Å². The predicted molar refractivity (Wildman–Crippen MR) is 99.3 cm³/mol. The van der Waals surface area contributed by atoms with Crippen LogP contribution in [0.4, 0.5) is 19.0 Å². The van der Waals surface area contributed by atoms with Crippen LogP contribution in [0.15, 0.2) is 36.4 Å². The number of nitrogens with zero attached hydrogens (tertiary/aromatic N) is 5. The molecule has 1 fully saturated rings. The Morgan fingerprint density at radius 3 is 2.54 bits per heavy atom. The molecule has 1 aromatic carbocycles. The summed E-state index contributed by atoms with van der Waals surface area (Å²) in [6.45, 7) is 2.37. The number of hydrogen-bond acceptors (Lipinski definition) is 5. The molecule has 0 amide bonds. The molecule has 10 heteroatoms. The predicted octanol–water partition coefficient (Wildman–Crippen LogP) is 4.05. The molecule has 0 radical (unpaired) electrons. The molecule has 6 nitrogen and oxygen atoms in total. The minimum atomic E-state index is -4.62. The Morgan fingerprint density at radius 2 is 1.82 bits per heavy atom. The second-order valence-corrected chi connectivity index (χ2v) is 7.08. The van der Waals surface area contributed by atoms with Crippen LogP contribution >= 0.6 is 11.6 Å². The molecule has 0 saturated carbocycles. The lowest BCUT2D eigenvalue weighted by atomic mass is 10.1. The maximum atomic E-state index is 13.1. The summed E-state index contributed by atoms with van der Waals surface area (Å²) in [5.41, 5.74) is 1.03. The first-order valence-corrected chi connectivity index (χ1v) is 9.33. The third-order valence-corrected chi connectivity index (χ3v) is 5.18. The van der Waals surface area contributed by atoms with Crippen molar-refractivity contribution in [1.82, 2.24) is 24.7 Å². The third kappa shape index (κ3) is 3.77. The van der Waals surface area contributed by atoms with E-state index in [1.54, 1.807) is 6.07 Å². The Labute approximate surface area is 164 Å². The number of nitrogens with one attached hydrogen (secondary N) is 1. The fraction of sp³-hybridized carbons (Fsp3) is 0.389. The van der Waals surface area contributed by atoms with Crippen LogP contribution in [0.1, 0.15) is 30.3 Å². The summed E-state index contributed by atoms with van der Waals surface area (Å²) in [6, 6.07) is 10.7. The highest BCUT2D eigenvalue weighted by Gasteiger charge is 2.37. The molecule has 1 unspecified atom stereocenters. The van der Waals surface area contributed by atoms with Gasteiger partial charge in [-0.2, -0.15) is 17.7 Å². The fourth-order valence-corrected chi connectivity index (χ4v) is 3.76. The minimum absolute atomic E-state index is 0.00306. The highest BCUT2D eigenvalue weighted by Crippen LogP contribution is 2.31. The van der Waals surface area contributed by atoms with Crippen molar-refractivity contribution in [2.75, 3.05) is 25.0 Å². The lowest BCUT2D eigenvalue weighted by Crippen LogP contribution is -2.31. The molecule has 28 heavy (non-hydrogen) atoms. The summed E-state index contributed by atoms with van der Waals surface area (Å²) >= 11 is 6.40. The summed E-state index contributed by atoms with van der Waals surface area (Å²) in [5, 5.41) is 14.6. The van der Waals surface area contributed by atoms with Crippen LogP contribution in [0.25, 0.3) is 5.65 Å². The van der Waals surface area contributed by atoms with E-state index in [2.05, 4.69) is 25.5 Å². The molecule has 1 atom stereocenters. The number of halogens is 4. The number of rotatable bonds is 5. The normalized spacial score (nSPS) is 16.6. The van der Waals surface area contributed by atoms with Crippen molar-refractivity contribution in [2.24, 2.45) is 0 Å². The van der Waals surface area contributed by atoms with Crippen LogP contribution in [0.2, 0.25) is 5.02 Å². The standard InChI is InChI=1S/C18H18ClF3N6/c19-13-6-2-1-5-12(13)14(27-9-3-4-10-27)11-23-15-7-8-16-24-25-17(18(20,21)22)28(16)26-15/h1-2,5-8,14H,3-4,9-11H2,(H,23,26). The lowest BCUT2D eigenvalue weighted by Gasteiger charge is -2.29. The highest BCUT2D eigenvalue weighted by molar-refractivity contribution is 6.31. The summed E-state index contributed by atoms with van der Waals surface area (Å²) in [7, 11) is 0. The van der Waals surface area contributed by atoms with Crippen molar-refractivity contribution in [3.05, 3.63) is 52.8 Å². The van der Waals surface area contributed by atoms with Crippen LogP contribution in [-0.4, -0.2) is 44.3 Å². The Morgan fingerprint density at radius 1 is 1.07 bits per heavy atom. The van der Waals surface area contributed by atoms with Gasteiger partial charge < -0.3 is 5.32 Å². The van der Waals surface area contributed by atoms with Crippen LogP contribution in [0.5, 0.6) is 0 Å². The zero-order valence-electron chi connectivity index (χ0n) is 14.8. The number of benzene rings is 1. The first-order valence-electron chi connectivity index (χ1n) is 8.95. The average molecular weight is 411 g/mol. The van der Waals surface area contributed by atoms with Gasteiger partial charge in [-0.05, 0) is 49.7 Å². The molecule has 1 N–H and O–H groups in total. The van der Waals surface area contributed by atoms with Crippen molar-refractivity contribution < 1.29 is 13.2 Å². The Bertz CT molecular complexity index is 967. The van der Waals surface area contributed by atoms with Gasteiger partial charge in [-0.3, -0.25) is 4.90 Å². The van der Waals surface area contributed by atoms with E-state index in [-0.39, 0.29) is 11.7 Å². The smallest absolute Gasteiger partial charge is 0.367 e. The largest absolute Gasteiger partial charge is 0.453 e. The monoisotopic (exact) mass is 410 g/mol. The molecule has 1 saturated heterocycles. The minimum Gasteiger partial charge on any atom is -0.367 e. The number of likely N-dealkylation sites (tertiary alicyclic amines) is 1. The topological polar surface area (TPSA) is 58.4 Å². The molecule has 3 aromatic rings. The molecule has 0 spiro atoms. The van der Waals surface area contributed by atoms with E-state index in [9.17, 15) is 13.2 Å². The van der Waals surface area contributed by atoms with E-state index in [1.165, 1.54) is 6.07 Å². The third-order valence-electron chi connectivity index (χ3n) is 4.84. The van der Waals surface area contributed by atoms with Crippen molar-refractivity contribution in [1.29, 1.82) is 0 Å². The van der Waals surface area contributed by atoms with Gasteiger partial charge in [0.25, 0.3) is 5.82 Å². The van der Waals surface area contributed by atoms with Gasteiger partial charge in [0.2, 0.25) is 0 Å². The van der Waals surface area contributed by atoms with Crippen LogP contribution in [-0.2, 0) is 6.18 Å². The number of aromatic nitrogens is 4. The Balaban J connectivity index is 1.59. The van der Waals surface area contributed by atoms with Gasteiger partial charge in [-0.1, -0.05) is 29.8 Å². The fourth-order valence-electron chi connectivity index (χ4n) is 3.50. The van der Waals surface area contributed by atoms with Crippen molar-refractivity contribution >= 4 is 23.1 Å². The molecule has 1 aliphatic heterocycles. The van der Waals surface area contributed by atoms with E-state index in [0.717, 1.165) is 31.5 Å². The molecule has 1 aliphatic rings. The molecule has 3 heterocycles. The first-order chi connectivity index (χ1) is 13.4. The molecule has 4 rings (SSSR count). The Hall–Kier alpha value is -2.39. The SMILES string of the molecule is FC(F)(F)c1nnc2ccc(NCC(c3ccccc3Cl)N3CCCC3)nn12. The molecule has 0 aliphatic carbocycles. The molecular formula is C18H18ClF3N6. The molecule has 2 aromatic heterocycles. The van der Waals surface area contributed by atoms with E-state index in [1.807, 2.05) is 24.3 Å². The number of anilines is 1. The van der Waals surface area contributed by atoms with E-state index < -0.39 is 12.0 Å². The second kappa shape index (κ2) is 7.56. The highest BCUT2D eigenvalue weighted by atomic mass is 35.5. The Kier molecular flexibility index (Phi) is 5.11. The summed E-state index contributed by atoms with van der Waals surface area (Å²) in [6.07, 6.45) is -2.40. The zero-order chi connectivity index (χ0) is 19.7. The van der Waals surface area contributed by atoms with E-state index in [0.29, 0.717) is 21.9 Å². The van der Waals surface area contributed by atoms with Gasteiger partial charge in [-0.15, -0.1) is 15.3 Å². The zero-order valence-corrected chi connectivity index (χ0v) is 15.6. The van der Waals surface area contributed by atoms with E-state index >= 15 is 0 Å². The summed E-state index contributed by atoms with van der Waals surface area (Å²) < 4.78 is 39.9. The quantitative estimate of drug-likeness (QED) is 0.687. The first kappa shape index (κ1) is 18.9. The van der Waals surface area contributed by atoms with Crippen LogP contribution < -0.4 is 5.32 Å². The number of alkyl halides is 3. The lowest BCUT2D eigenvalue weighted by molar-refractivity contribution is -0.146. The maximum Gasteiger partial charge on any atom is 0.453 e.